The monoisotopic (exact) mass is 688 g/mol. The molecule has 0 N–H and O–H groups in total. The minimum Gasteiger partial charge on any atom is -0.517 e. The average molecular weight is 688 g/mol. The number of hydrogen-bond donors (Lipinski definition) is 0. The second-order valence-corrected chi connectivity index (χ2v) is 14.6. The van der Waals surface area contributed by atoms with E-state index in [0.717, 1.165) is 35.5 Å². The molecule has 0 spiro atoms. The first-order valence-corrected chi connectivity index (χ1v) is 18.2. The van der Waals surface area contributed by atoms with Gasteiger partial charge in [-0.2, -0.15) is 0 Å². The molecule has 1 aliphatic rings. The van der Waals surface area contributed by atoms with Gasteiger partial charge in [-0.3, -0.25) is 0 Å². The van der Waals surface area contributed by atoms with Crippen molar-refractivity contribution in [1.82, 2.24) is 0 Å². The summed E-state index contributed by atoms with van der Waals surface area (Å²) in [6.07, 6.45) is 2.37. The van der Waals surface area contributed by atoms with E-state index in [-0.39, 0.29) is 40.2 Å². The van der Waals surface area contributed by atoms with Gasteiger partial charge in [-0.1, -0.05) is 62.1 Å². The van der Waals surface area contributed by atoms with Crippen molar-refractivity contribution in [3.63, 3.8) is 0 Å². The maximum atomic E-state index is 6.32. The number of nitrogens with zero attached hydrogens (tertiary/aromatic N) is 1. The van der Waals surface area contributed by atoms with Gasteiger partial charge < -0.3 is 16.7 Å². The van der Waals surface area contributed by atoms with E-state index >= 15 is 0 Å². The molecule has 2 heterocycles. The Morgan fingerprint density at radius 2 is 1.70 bits per heavy atom. The number of fused-ring (bicyclic) bond motifs is 1. The van der Waals surface area contributed by atoms with Gasteiger partial charge >= 0.3 is 90.3 Å². The van der Waals surface area contributed by atoms with Gasteiger partial charge in [-0.15, -0.1) is 0 Å². The summed E-state index contributed by atoms with van der Waals surface area (Å²) in [6, 6.07) is 23.2. The molecule has 5 heteroatoms. The zero-order valence-electron chi connectivity index (χ0n) is 27.6. The molecule has 0 saturated carbocycles. The van der Waals surface area contributed by atoms with Crippen LogP contribution in [0, 0.1) is 27.8 Å². The van der Waals surface area contributed by atoms with Crippen LogP contribution in [0.15, 0.2) is 71.1 Å². The SMILES string of the molecule is CC(C)Oc1ccccc1[CH]=[Ru][Cl].CCC(C)c1cc(C)cc(C)c1N1[CH-]C(C)(c2cc3ccccc3o2)CC1(C)C.[CH3-]. The smallest absolute Gasteiger partial charge is 0.134 e. The molecule has 1 aliphatic heterocycles. The van der Waals surface area contributed by atoms with E-state index in [1.807, 2.05) is 48.8 Å². The maximum absolute atomic E-state index is 6.32. The second-order valence-electron chi connectivity index (χ2n) is 12.8. The summed E-state index contributed by atoms with van der Waals surface area (Å²) in [6.45, 7) is 22.6. The van der Waals surface area contributed by atoms with Crippen molar-refractivity contribution in [1.29, 1.82) is 0 Å². The van der Waals surface area contributed by atoms with Crippen LogP contribution < -0.4 is 9.64 Å². The first-order valence-electron chi connectivity index (χ1n) is 14.9. The average Bonchev–Trinajstić information content (AvgIpc) is 3.48. The van der Waals surface area contributed by atoms with Crippen LogP contribution in [0.3, 0.4) is 0 Å². The number of rotatable bonds is 7. The van der Waals surface area contributed by atoms with E-state index in [4.69, 9.17) is 18.8 Å². The Labute approximate surface area is 272 Å². The minimum absolute atomic E-state index is 0. The largest absolute Gasteiger partial charge is 0.517 e. The Morgan fingerprint density at radius 1 is 1.02 bits per heavy atom. The molecule has 5 rings (SSSR count). The van der Waals surface area contributed by atoms with Gasteiger partial charge in [-0.05, 0) is 69.7 Å². The number of anilines is 1. The summed E-state index contributed by atoms with van der Waals surface area (Å²) < 4.78 is 14.0. The standard InChI is InChI=1S/C27H34NO.C10H12O.CH3.ClH.Ru/c1-8-19(3)22-14-18(2)13-20(4)25(22)28-17-27(7,16-26(28,5)6)24-15-21-11-9-10-12-23(21)29-24;1-8(2)11-10-7-5-4-6-9(10)3;;;/h9-15,17,19H,8,16H2,1-7H3;3-8H,1-2H3;1H3;1H;/q-1;;-1;;+1/p-1. The van der Waals surface area contributed by atoms with Crippen molar-refractivity contribution < 1.29 is 24.8 Å². The van der Waals surface area contributed by atoms with Crippen LogP contribution in [0.25, 0.3) is 11.0 Å². The quantitative estimate of drug-likeness (QED) is 0.143. The van der Waals surface area contributed by atoms with E-state index in [2.05, 4.69) is 96.3 Å². The summed E-state index contributed by atoms with van der Waals surface area (Å²) in [5.41, 5.74) is 7.50. The van der Waals surface area contributed by atoms with Gasteiger partial charge in [0.1, 0.15) is 5.58 Å². The number of ether oxygens (including phenoxy) is 1. The van der Waals surface area contributed by atoms with E-state index < -0.39 is 0 Å². The molecule has 0 amide bonds. The molecule has 0 radical (unpaired) electrons. The van der Waals surface area contributed by atoms with Crippen molar-refractivity contribution in [3.05, 3.63) is 109 Å². The first-order chi connectivity index (χ1) is 19.9. The summed E-state index contributed by atoms with van der Waals surface area (Å²) >= 11 is -0.191. The fourth-order valence-corrected chi connectivity index (χ4v) is 7.27. The van der Waals surface area contributed by atoms with Crippen LogP contribution in [0.1, 0.15) is 95.2 Å². The van der Waals surface area contributed by atoms with E-state index in [9.17, 15) is 0 Å². The molecule has 4 aromatic rings. The number of benzene rings is 3. The van der Waals surface area contributed by atoms with Crippen molar-refractivity contribution in [3.8, 4) is 5.75 Å². The van der Waals surface area contributed by atoms with Gasteiger partial charge in [0, 0.05) is 16.6 Å². The Kier molecular flexibility index (Phi) is 11.9. The molecular formula is C38H49ClNO2Ru-2. The fraction of sp³-hybridized carbons (Fsp3) is 0.395. The molecule has 1 saturated heterocycles. The van der Waals surface area contributed by atoms with Crippen LogP contribution in [-0.2, 0) is 21.1 Å². The van der Waals surface area contributed by atoms with E-state index in [1.165, 1.54) is 27.8 Å². The molecule has 43 heavy (non-hydrogen) atoms. The molecule has 3 nitrogen and oxygen atoms in total. The van der Waals surface area contributed by atoms with Gasteiger partial charge in [-0.25, -0.2) is 6.54 Å². The summed E-state index contributed by atoms with van der Waals surface area (Å²) in [5, 5.41) is 1.18. The molecule has 0 aliphatic carbocycles. The minimum atomic E-state index is -0.191. The number of para-hydroxylation sites is 2. The van der Waals surface area contributed by atoms with Crippen LogP contribution in [0.5, 0.6) is 5.75 Å². The molecule has 2 unspecified atom stereocenters. The van der Waals surface area contributed by atoms with Crippen LogP contribution in [0.2, 0.25) is 0 Å². The molecule has 235 valence electrons. The summed E-state index contributed by atoms with van der Waals surface area (Å²) in [5.74, 6) is 2.52. The van der Waals surface area contributed by atoms with Crippen molar-refractivity contribution >= 4 is 31.0 Å². The summed E-state index contributed by atoms with van der Waals surface area (Å²) in [4.78, 5) is 2.54. The number of furan rings is 1. The van der Waals surface area contributed by atoms with Crippen LogP contribution >= 0.6 is 9.69 Å². The van der Waals surface area contributed by atoms with Crippen molar-refractivity contribution in [2.45, 2.75) is 98.1 Å². The molecule has 0 bridgehead atoms. The third kappa shape index (κ3) is 8.00. The van der Waals surface area contributed by atoms with Crippen molar-refractivity contribution in [2.24, 2.45) is 0 Å². The normalized spacial score (nSPS) is 18.6. The van der Waals surface area contributed by atoms with E-state index in [1.54, 1.807) is 0 Å². The first kappa shape index (κ1) is 35.1. The predicted octanol–water partition coefficient (Wildman–Crippen LogP) is 11.0. The Balaban J connectivity index is 0.000000306. The molecular weight excluding hydrogens is 639 g/mol. The molecule has 3 aromatic carbocycles. The zero-order valence-corrected chi connectivity index (χ0v) is 30.1. The third-order valence-electron chi connectivity index (χ3n) is 8.14. The fourth-order valence-electron chi connectivity index (χ4n) is 6.16. The Morgan fingerprint density at radius 3 is 2.35 bits per heavy atom. The summed E-state index contributed by atoms with van der Waals surface area (Å²) in [7, 11) is 5.72. The third-order valence-corrected chi connectivity index (χ3v) is 9.33. The second kappa shape index (κ2) is 14.6. The van der Waals surface area contributed by atoms with Gasteiger partial charge in [0.15, 0.2) is 0 Å². The van der Waals surface area contributed by atoms with Crippen LogP contribution in [0.4, 0.5) is 5.69 Å². The number of hydrogen-bond acceptors (Lipinski definition) is 3. The van der Waals surface area contributed by atoms with Gasteiger partial charge in [0.25, 0.3) is 0 Å². The molecule has 1 aromatic heterocycles. The van der Waals surface area contributed by atoms with Gasteiger partial charge in [0.2, 0.25) is 0 Å². The molecule has 1 fully saturated rings. The predicted molar refractivity (Wildman–Crippen MR) is 183 cm³/mol. The Bertz CT molecular complexity index is 1510. The molecule has 2 atom stereocenters. The zero-order chi connectivity index (χ0) is 30.7. The maximum Gasteiger partial charge on any atom is 0.134 e. The van der Waals surface area contributed by atoms with Crippen molar-refractivity contribution in [2.75, 3.05) is 4.90 Å². The van der Waals surface area contributed by atoms with E-state index in [0.29, 0.717) is 5.92 Å². The topological polar surface area (TPSA) is 25.6 Å². The number of halogens is 1. The van der Waals surface area contributed by atoms with Crippen LogP contribution in [-0.4, -0.2) is 16.3 Å². The number of aryl methyl sites for hydroxylation is 2. The van der Waals surface area contributed by atoms with Gasteiger partial charge in [0.05, 0.1) is 5.76 Å². The Hall–Kier alpha value is -2.42.